The molecular formula is C10H14N2O4S. The molecular weight excluding hydrogens is 244 g/mol. The maximum absolute atomic E-state index is 11.1. The van der Waals surface area contributed by atoms with Gasteiger partial charge in [-0.3, -0.25) is 10.1 Å². The number of para-hydroxylation sites is 2. The summed E-state index contributed by atoms with van der Waals surface area (Å²) >= 11 is 0. The molecule has 0 radical (unpaired) electrons. The fourth-order valence-electron chi connectivity index (χ4n) is 1.52. The third-order valence-electron chi connectivity index (χ3n) is 2.06. The van der Waals surface area contributed by atoms with Gasteiger partial charge in [0.2, 0.25) is 0 Å². The van der Waals surface area contributed by atoms with Crippen molar-refractivity contribution in [2.45, 2.75) is 13.0 Å². The summed E-state index contributed by atoms with van der Waals surface area (Å²) in [6, 6.07) is 5.76. The molecule has 1 unspecified atom stereocenters. The number of sulfone groups is 1. The third kappa shape index (κ3) is 4.39. The van der Waals surface area contributed by atoms with Gasteiger partial charge in [0.15, 0.2) is 0 Å². The van der Waals surface area contributed by atoms with Crippen LogP contribution in [0.1, 0.15) is 6.92 Å². The molecule has 0 bridgehead atoms. The lowest BCUT2D eigenvalue weighted by Crippen LogP contribution is -2.25. The summed E-state index contributed by atoms with van der Waals surface area (Å²) in [6.45, 7) is 1.66. The van der Waals surface area contributed by atoms with E-state index in [0.29, 0.717) is 5.69 Å². The quantitative estimate of drug-likeness (QED) is 0.637. The molecule has 0 spiro atoms. The minimum atomic E-state index is -3.11. The average Bonchev–Trinajstić information content (AvgIpc) is 2.14. The molecule has 0 fully saturated rings. The monoisotopic (exact) mass is 258 g/mol. The van der Waals surface area contributed by atoms with Crippen LogP contribution in [0.3, 0.4) is 0 Å². The van der Waals surface area contributed by atoms with Crippen molar-refractivity contribution in [1.29, 1.82) is 0 Å². The van der Waals surface area contributed by atoms with Crippen LogP contribution >= 0.6 is 0 Å². The highest BCUT2D eigenvalue weighted by molar-refractivity contribution is 7.90. The van der Waals surface area contributed by atoms with Crippen molar-refractivity contribution in [2.75, 3.05) is 17.3 Å². The van der Waals surface area contributed by atoms with Gasteiger partial charge in [-0.15, -0.1) is 0 Å². The molecule has 0 saturated heterocycles. The third-order valence-corrected chi connectivity index (χ3v) is 3.16. The predicted octanol–water partition coefficient (Wildman–Crippen LogP) is 1.44. The molecule has 0 saturated carbocycles. The first-order chi connectivity index (χ1) is 7.79. The molecule has 0 aliphatic carbocycles. The number of nitrogens with zero attached hydrogens (tertiary/aromatic N) is 1. The molecule has 0 amide bonds. The zero-order valence-electron chi connectivity index (χ0n) is 9.58. The van der Waals surface area contributed by atoms with Crippen molar-refractivity contribution in [3.8, 4) is 0 Å². The molecule has 0 heterocycles. The molecule has 17 heavy (non-hydrogen) atoms. The molecule has 1 atom stereocenters. The van der Waals surface area contributed by atoms with Crippen molar-refractivity contribution >= 4 is 21.2 Å². The van der Waals surface area contributed by atoms with E-state index in [4.69, 9.17) is 0 Å². The van der Waals surface area contributed by atoms with Crippen LogP contribution in [-0.4, -0.2) is 31.4 Å². The number of hydrogen-bond donors (Lipinski definition) is 1. The van der Waals surface area contributed by atoms with Gasteiger partial charge in [0, 0.05) is 18.4 Å². The Hall–Kier alpha value is -1.63. The summed E-state index contributed by atoms with van der Waals surface area (Å²) in [5.74, 6) is -0.0704. The van der Waals surface area contributed by atoms with E-state index in [-0.39, 0.29) is 17.5 Å². The summed E-state index contributed by atoms with van der Waals surface area (Å²) in [4.78, 5) is 10.2. The summed E-state index contributed by atoms with van der Waals surface area (Å²) in [5, 5.41) is 13.6. The molecule has 0 aromatic heterocycles. The van der Waals surface area contributed by atoms with Crippen LogP contribution in [0.5, 0.6) is 0 Å². The standard InChI is InChI=1S/C10H14N2O4S/c1-8(7-17(2,15)16)11-9-5-3-4-6-10(9)12(13)14/h3-6,8,11H,7H2,1-2H3. The number of nitrogens with one attached hydrogen (secondary N) is 1. The lowest BCUT2D eigenvalue weighted by atomic mass is 10.2. The number of nitro benzene ring substituents is 1. The Morgan fingerprint density at radius 1 is 1.41 bits per heavy atom. The number of anilines is 1. The van der Waals surface area contributed by atoms with Gasteiger partial charge >= 0.3 is 0 Å². The predicted molar refractivity (Wildman–Crippen MR) is 65.9 cm³/mol. The lowest BCUT2D eigenvalue weighted by Gasteiger charge is -2.13. The van der Waals surface area contributed by atoms with Crippen molar-refractivity contribution in [2.24, 2.45) is 0 Å². The molecule has 6 nitrogen and oxygen atoms in total. The second-order valence-corrected chi connectivity index (χ2v) is 6.10. The Morgan fingerprint density at radius 3 is 2.53 bits per heavy atom. The van der Waals surface area contributed by atoms with Crippen molar-refractivity contribution in [3.05, 3.63) is 34.4 Å². The first kappa shape index (κ1) is 13.4. The highest BCUT2D eigenvalue weighted by Crippen LogP contribution is 2.23. The van der Waals surface area contributed by atoms with E-state index >= 15 is 0 Å². The van der Waals surface area contributed by atoms with Gasteiger partial charge in [0.1, 0.15) is 15.5 Å². The first-order valence-electron chi connectivity index (χ1n) is 4.97. The van der Waals surface area contributed by atoms with Crippen LogP contribution in [0.4, 0.5) is 11.4 Å². The summed E-state index contributed by atoms with van der Waals surface area (Å²) < 4.78 is 22.2. The van der Waals surface area contributed by atoms with Crippen LogP contribution in [0.25, 0.3) is 0 Å². The molecule has 1 aromatic rings. The number of benzene rings is 1. The minimum absolute atomic E-state index is 0.0622. The van der Waals surface area contributed by atoms with Gasteiger partial charge < -0.3 is 5.32 Å². The van der Waals surface area contributed by atoms with E-state index in [0.717, 1.165) is 6.26 Å². The van der Waals surface area contributed by atoms with Crippen LogP contribution in [-0.2, 0) is 9.84 Å². The number of nitro groups is 1. The molecule has 1 aromatic carbocycles. The largest absolute Gasteiger partial charge is 0.376 e. The van der Waals surface area contributed by atoms with Crippen LogP contribution < -0.4 is 5.32 Å². The van der Waals surface area contributed by atoms with Gasteiger partial charge in [0.05, 0.1) is 10.7 Å². The average molecular weight is 258 g/mol. The summed E-state index contributed by atoms with van der Waals surface area (Å²) in [5.41, 5.74) is 0.265. The fraction of sp³-hybridized carbons (Fsp3) is 0.400. The smallest absolute Gasteiger partial charge is 0.292 e. The van der Waals surface area contributed by atoms with Crippen molar-refractivity contribution < 1.29 is 13.3 Å². The Bertz CT molecular complexity index is 513. The molecule has 94 valence electrons. The van der Waals surface area contributed by atoms with E-state index in [9.17, 15) is 18.5 Å². The van der Waals surface area contributed by atoms with Crippen LogP contribution in [0, 0.1) is 10.1 Å². The second kappa shape index (κ2) is 5.13. The summed E-state index contributed by atoms with van der Waals surface area (Å²) in [6.07, 6.45) is 1.13. The summed E-state index contributed by atoms with van der Waals surface area (Å²) in [7, 11) is -3.11. The van der Waals surface area contributed by atoms with Gasteiger partial charge in [-0.05, 0) is 13.0 Å². The molecule has 1 N–H and O–H groups in total. The highest BCUT2D eigenvalue weighted by atomic mass is 32.2. The zero-order chi connectivity index (χ0) is 13.1. The SMILES string of the molecule is CC(CS(C)(=O)=O)Nc1ccccc1[N+](=O)[O-]. The Balaban J connectivity index is 2.85. The van der Waals surface area contributed by atoms with Crippen LogP contribution in [0.2, 0.25) is 0 Å². The van der Waals surface area contributed by atoms with Gasteiger partial charge in [-0.25, -0.2) is 8.42 Å². The lowest BCUT2D eigenvalue weighted by molar-refractivity contribution is -0.384. The van der Waals surface area contributed by atoms with Crippen molar-refractivity contribution in [3.63, 3.8) is 0 Å². The van der Waals surface area contributed by atoms with Gasteiger partial charge in [-0.1, -0.05) is 12.1 Å². The maximum atomic E-state index is 11.1. The van der Waals surface area contributed by atoms with E-state index in [1.807, 2.05) is 0 Å². The normalized spacial score (nSPS) is 13.1. The number of hydrogen-bond acceptors (Lipinski definition) is 5. The second-order valence-electron chi connectivity index (χ2n) is 3.91. The topological polar surface area (TPSA) is 89.3 Å². The van der Waals surface area contributed by atoms with Crippen LogP contribution in [0.15, 0.2) is 24.3 Å². The maximum Gasteiger partial charge on any atom is 0.292 e. The van der Waals surface area contributed by atoms with E-state index in [1.54, 1.807) is 25.1 Å². The van der Waals surface area contributed by atoms with E-state index < -0.39 is 14.8 Å². The van der Waals surface area contributed by atoms with Gasteiger partial charge in [-0.2, -0.15) is 0 Å². The highest BCUT2D eigenvalue weighted by Gasteiger charge is 2.16. The molecule has 1 rings (SSSR count). The fourth-order valence-corrected chi connectivity index (χ4v) is 2.51. The zero-order valence-corrected chi connectivity index (χ0v) is 10.4. The first-order valence-corrected chi connectivity index (χ1v) is 7.03. The van der Waals surface area contributed by atoms with Gasteiger partial charge in [0.25, 0.3) is 5.69 Å². The Labute approximate surface area is 99.7 Å². The molecule has 0 aliphatic rings. The molecule has 0 aliphatic heterocycles. The van der Waals surface area contributed by atoms with E-state index in [2.05, 4.69) is 5.32 Å². The van der Waals surface area contributed by atoms with Crippen molar-refractivity contribution in [1.82, 2.24) is 0 Å². The minimum Gasteiger partial charge on any atom is -0.376 e. The van der Waals surface area contributed by atoms with E-state index in [1.165, 1.54) is 6.07 Å². The molecule has 7 heteroatoms. The Morgan fingerprint density at radius 2 is 2.00 bits per heavy atom. The number of rotatable bonds is 5. The Kier molecular flexibility index (Phi) is 4.06.